The van der Waals surface area contributed by atoms with Gasteiger partial charge in [-0.15, -0.1) is 0 Å². The minimum absolute atomic E-state index is 0.0199. The maximum absolute atomic E-state index is 13.0. The molecule has 0 aliphatic carbocycles. The van der Waals surface area contributed by atoms with E-state index >= 15 is 0 Å². The number of aliphatic carboxylic acids is 3. The number of benzene rings is 1. The number of carboxylic acids is 3. The highest BCUT2D eigenvalue weighted by molar-refractivity contribution is 5.98. The van der Waals surface area contributed by atoms with Gasteiger partial charge >= 0.3 is 29.8 Å². The molecule has 2 aliphatic heterocycles. The Morgan fingerprint density at radius 2 is 1.58 bits per heavy atom. The Labute approximate surface area is 291 Å². The number of fused-ring (bicyclic) bond motifs is 2. The quantitative estimate of drug-likeness (QED) is 0.0897. The van der Waals surface area contributed by atoms with Gasteiger partial charge in [-0.05, 0) is 37.2 Å². The molecule has 0 saturated carbocycles. The lowest BCUT2D eigenvalue weighted by molar-refractivity contribution is -0.374. The van der Waals surface area contributed by atoms with Gasteiger partial charge in [0.2, 0.25) is 23.1 Å². The first-order chi connectivity index (χ1) is 23.7. The molecule has 278 valence electrons. The molecular weight excluding hydrogens is 656 g/mol. The highest BCUT2D eigenvalue weighted by Crippen LogP contribution is 2.55. The molecule has 14 nitrogen and oxygen atoms in total. The maximum atomic E-state index is 13.0. The lowest BCUT2D eigenvalue weighted by Crippen LogP contribution is -2.78. The molecule has 1 aromatic carbocycles. The summed E-state index contributed by atoms with van der Waals surface area (Å²) in [6, 6.07) is 9.53. The molecule has 8 unspecified atom stereocenters. The molecule has 0 aromatic heterocycles. The first-order valence-electron chi connectivity index (χ1n) is 17.2. The van der Waals surface area contributed by atoms with Crippen LogP contribution in [0.5, 0.6) is 0 Å². The van der Waals surface area contributed by atoms with Crippen LogP contribution in [0.2, 0.25) is 0 Å². The number of allylic oxidation sites excluding steroid dienone is 1. The fraction of sp³-hybridized carbons (Fsp3) is 0.639. The zero-order valence-corrected chi connectivity index (χ0v) is 28.8. The van der Waals surface area contributed by atoms with Crippen molar-refractivity contribution in [1.29, 1.82) is 0 Å². The number of ether oxygens (including phenoxy) is 4. The summed E-state index contributed by atoms with van der Waals surface area (Å²) in [7, 11) is 0. The van der Waals surface area contributed by atoms with E-state index in [1.54, 1.807) is 0 Å². The molecule has 8 atom stereocenters. The van der Waals surface area contributed by atoms with Gasteiger partial charge < -0.3 is 44.5 Å². The molecule has 2 bridgehead atoms. The van der Waals surface area contributed by atoms with Gasteiger partial charge in [0.05, 0.1) is 0 Å². The molecular formula is C36H50O14. The van der Waals surface area contributed by atoms with Crippen LogP contribution >= 0.6 is 0 Å². The lowest BCUT2D eigenvalue weighted by atomic mass is 9.74. The Bertz CT molecular complexity index is 1360. The average molecular weight is 707 g/mol. The van der Waals surface area contributed by atoms with E-state index in [9.17, 15) is 49.5 Å². The molecule has 5 N–H and O–H groups in total. The van der Waals surface area contributed by atoms with Crippen LogP contribution in [0.1, 0.15) is 103 Å². The summed E-state index contributed by atoms with van der Waals surface area (Å²) in [5.41, 5.74) is -6.34. The number of hydrogen-bond donors (Lipinski definition) is 5. The number of carbonyl (C=O) groups excluding carboxylic acids is 2. The van der Waals surface area contributed by atoms with Gasteiger partial charge in [-0.25, -0.2) is 14.4 Å². The van der Waals surface area contributed by atoms with E-state index in [0.717, 1.165) is 37.7 Å². The minimum atomic E-state index is -3.84. The number of unbranched alkanes of at least 4 members (excludes halogenated alkanes) is 6. The largest absolute Gasteiger partial charge is 0.479 e. The van der Waals surface area contributed by atoms with Crippen molar-refractivity contribution in [2.75, 3.05) is 0 Å². The number of hydrogen-bond acceptors (Lipinski definition) is 11. The Hall–Kier alpha value is -3.85. The van der Waals surface area contributed by atoms with Gasteiger partial charge in [-0.3, -0.25) is 9.59 Å². The van der Waals surface area contributed by atoms with Crippen LogP contribution in [0.4, 0.5) is 0 Å². The van der Waals surface area contributed by atoms with Crippen molar-refractivity contribution in [3.63, 3.8) is 0 Å². The van der Waals surface area contributed by atoms with Crippen molar-refractivity contribution in [3.8, 4) is 0 Å². The smallest absolute Gasteiger partial charge is 0.344 e. The third kappa shape index (κ3) is 8.89. The van der Waals surface area contributed by atoms with Crippen LogP contribution < -0.4 is 0 Å². The van der Waals surface area contributed by atoms with Gasteiger partial charge in [-0.2, -0.15) is 0 Å². The van der Waals surface area contributed by atoms with Crippen molar-refractivity contribution in [1.82, 2.24) is 0 Å². The molecule has 2 fully saturated rings. The molecule has 14 heteroatoms. The van der Waals surface area contributed by atoms with Gasteiger partial charge in [0, 0.05) is 19.8 Å². The number of rotatable bonds is 21. The molecule has 3 rings (SSSR count). The van der Waals surface area contributed by atoms with Gasteiger partial charge in [0.1, 0.15) is 12.2 Å². The number of aliphatic hydroxyl groups is 2. The van der Waals surface area contributed by atoms with Crippen LogP contribution in [-0.4, -0.2) is 96.8 Å². The summed E-state index contributed by atoms with van der Waals surface area (Å²) < 4.78 is 22.1. The van der Waals surface area contributed by atoms with Crippen molar-refractivity contribution in [3.05, 3.63) is 42.0 Å². The van der Waals surface area contributed by atoms with Crippen molar-refractivity contribution in [2.45, 2.75) is 139 Å². The average Bonchev–Trinajstić information content (AvgIpc) is 3.27. The molecule has 0 spiro atoms. The van der Waals surface area contributed by atoms with Crippen LogP contribution in [0.3, 0.4) is 0 Å². The van der Waals surface area contributed by atoms with E-state index in [4.69, 9.17) is 18.9 Å². The number of carbonyl (C=O) groups is 5. The third-order valence-corrected chi connectivity index (χ3v) is 9.43. The summed E-state index contributed by atoms with van der Waals surface area (Å²) in [6.45, 7) is 5.18. The summed E-state index contributed by atoms with van der Waals surface area (Å²) in [6.07, 6.45) is 1.74. The fourth-order valence-electron chi connectivity index (χ4n) is 6.73. The molecule has 0 radical (unpaired) electrons. The zero-order chi connectivity index (χ0) is 37.1. The van der Waals surface area contributed by atoms with E-state index in [1.807, 2.05) is 49.4 Å². The SMILES string of the molecule is CCCCCCCCCC(=O)OC1C(O)C2(CCCC(OC(C)=O)C(C)CC=Cc3ccccc3)OC(C(=O)O)C(O)(C(=O)O)C1(C(=O)O)O2. The standard InChI is InChI=1S/C36H50O14/c1-4-5-6-7-8-9-13-21-27(38)48-29-28(39)34(49-30(31(40)41)35(46,32(42)43)36(29,50-34)33(44)45)22-15-20-26(47-24(3)37)23(2)16-14-19-25-17-11-10-12-18-25/h10-12,14,17-19,23,26,28-30,39,46H,4-9,13,15-16,20-22H2,1-3H3,(H,40,41)(H,42,43)(H,44,45). The van der Waals surface area contributed by atoms with Gasteiger partial charge in [0.25, 0.3) is 0 Å². The second kappa shape index (κ2) is 17.9. The van der Waals surface area contributed by atoms with Crippen molar-refractivity contribution < 1.29 is 68.5 Å². The Morgan fingerprint density at radius 1 is 0.940 bits per heavy atom. The molecule has 2 aliphatic rings. The monoisotopic (exact) mass is 706 g/mol. The highest BCUT2D eigenvalue weighted by atomic mass is 16.8. The van der Waals surface area contributed by atoms with Crippen LogP contribution in [0.25, 0.3) is 6.08 Å². The Morgan fingerprint density at radius 3 is 2.16 bits per heavy atom. The summed E-state index contributed by atoms with van der Waals surface area (Å²) in [5, 5.41) is 53.4. The Kier molecular flexibility index (Phi) is 14.5. The summed E-state index contributed by atoms with van der Waals surface area (Å²) >= 11 is 0. The van der Waals surface area contributed by atoms with E-state index in [1.165, 1.54) is 6.92 Å². The number of esters is 2. The van der Waals surface area contributed by atoms with Crippen molar-refractivity contribution in [2.24, 2.45) is 5.92 Å². The lowest BCUT2D eigenvalue weighted by Gasteiger charge is -2.48. The number of aliphatic hydroxyl groups excluding tert-OH is 1. The maximum Gasteiger partial charge on any atom is 0.344 e. The second-order valence-corrected chi connectivity index (χ2v) is 13.2. The second-order valence-electron chi connectivity index (χ2n) is 13.2. The van der Waals surface area contributed by atoms with Crippen molar-refractivity contribution >= 4 is 35.9 Å². The molecule has 2 heterocycles. The van der Waals surface area contributed by atoms with Crippen LogP contribution in [-0.2, 0) is 42.9 Å². The topological polar surface area (TPSA) is 223 Å². The number of carboxylic acid groups (broad SMARTS) is 3. The van der Waals surface area contributed by atoms with Gasteiger partial charge in [-0.1, -0.05) is 94.9 Å². The van der Waals surface area contributed by atoms with E-state index in [2.05, 4.69) is 6.92 Å². The summed E-state index contributed by atoms with van der Waals surface area (Å²) in [5.74, 6) is -10.9. The normalized spacial score (nSPS) is 28.5. The molecule has 1 aromatic rings. The van der Waals surface area contributed by atoms with Crippen LogP contribution in [0, 0.1) is 5.92 Å². The molecule has 0 amide bonds. The molecule has 2 saturated heterocycles. The van der Waals surface area contributed by atoms with E-state index in [0.29, 0.717) is 19.3 Å². The zero-order valence-electron chi connectivity index (χ0n) is 28.8. The Balaban J connectivity index is 1.85. The van der Waals surface area contributed by atoms with E-state index in [-0.39, 0.29) is 25.2 Å². The van der Waals surface area contributed by atoms with Gasteiger partial charge in [0.15, 0.2) is 6.10 Å². The highest BCUT2D eigenvalue weighted by Gasteiger charge is 2.85. The van der Waals surface area contributed by atoms with E-state index < -0.39 is 77.7 Å². The molecule has 50 heavy (non-hydrogen) atoms. The summed E-state index contributed by atoms with van der Waals surface area (Å²) in [4.78, 5) is 62.7. The predicted molar refractivity (Wildman–Crippen MR) is 176 cm³/mol. The predicted octanol–water partition coefficient (Wildman–Crippen LogP) is 4.09. The first-order valence-corrected chi connectivity index (χ1v) is 17.2. The first kappa shape index (κ1) is 40.6. The fourth-order valence-corrected chi connectivity index (χ4v) is 6.73. The third-order valence-electron chi connectivity index (χ3n) is 9.43. The minimum Gasteiger partial charge on any atom is -0.479 e. The van der Waals surface area contributed by atoms with Crippen LogP contribution in [0.15, 0.2) is 36.4 Å².